The van der Waals surface area contributed by atoms with Gasteiger partial charge in [0.25, 0.3) is 5.91 Å². The first-order chi connectivity index (χ1) is 11.2. The lowest BCUT2D eigenvalue weighted by molar-refractivity contribution is 0.0995. The van der Waals surface area contributed by atoms with Crippen molar-refractivity contribution >= 4 is 23.1 Å². The zero-order valence-corrected chi connectivity index (χ0v) is 13.1. The number of aromatic nitrogens is 3. The molecule has 2 aromatic heterocycles. The molecule has 7 heteroatoms. The molecule has 0 saturated heterocycles. The number of nitrogens with zero attached hydrogens (tertiary/aromatic N) is 3. The second-order valence-electron chi connectivity index (χ2n) is 4.84. The summed E-state index contributed by atoms with van der Waals surface area (Å²) in [6.45, 7) is 0.648. The van der Waals surface area contributed by atoms with Gasteiger partial charge in [0.1, 0.15) is 16.5 Å². The zero-order chi connectivity index (χ0) is 16.1. The smallest absolute Gasteiger partial charge is 0.268 e. The van der Waals surface area contributed by atoms with Gasteiger partial charge in [-0.3, -0.25) is 9.78 Å². The van der Waals surface area contributed by atoms with Gasteiger partial charge in [-0.15, -0.1) is 11.3 Å². The molecule has 0 atom stereocenters. The van der Waals surface area contributed by atoms with Gasteiger partial charge in [0.2, 0.25) is 0 Å². The molecule has 0 aliphatic heterocycles. The number of hydrogen-bond acceptors (Lipinski definition) is 6. The van der Waals surface area contributed by atoms with Gasteiger partial charge in [-0.2, -0.15) is 0 Å². The van der Waals surface area contributed by atoms with Crippen molar-refractivity contribution in [2.75, 3.05) is 11.9 Å². The van der Waals surface area contributed by atoms with Crippen LogP contribution in [-0.2, 0) is 6.42 Å². The van der Waals surface area contributed by atoms with Crippen molar-refractivity contribution in [3.8, 4) is 10.6 Å². The highest BCUT2D eigenvalue weighted by Crippen LogP contribution is 2.23. The van der Waals surface area contributed by atoms with Gasteiger partial charge in [0.15, 0.2) is 0 Å². The molecule has 0 bridgehead atoms. The number of hydrogen-bond donors (Lipinski definition) is 2. The summed E-state index contributed by atoms with van der Waals surface area (Å²) < 4.78 is 0. The molecule has 1 aromatic carbocycles. The van der Waals surface area contributed by atoms with E-state index in [0.717, 1.165) is 22.7 Å². The number of carbonyl (C=O) groups is 1. The van der Waals surface area contributed by atoms with Crippen LogP contribution in [0.3, 0.4) is 0 Å². The number of primary amides is 1. The Bertz CT molecular complexity index is 803. The van der Waals surface area contributed by atoms with E-state index in [-0.39, 0.29) is 5.69 Å². The zero-order valence-electron chi connectivity index (χ0n) is 12.3. The van der Waals surface area contributed by atoms with Crippen LogP contribution in [0.1, 0.15) is 16.2 Å². The van der Waals surface area contributed by atoms with E-state index < -0.39 is 5.91 Å². The van der Waals surface area contributed by atoms with Crippen molar-refractivity contribution in [1.82, 2.24) is 15.0 Å². The third-order valence-corrected chi connectivity index (χ3v) is 4.09. The maximum absolute atomic E-state index is 11.1. The highest BCUT2D eigenvalue weighted by Gasteiger charge is 2.06. The summed E-state index contributed by atoms with van der Waals surface area (Å²) >= 11 is 1.63. The Morgan fingerprint density at radius 2 is 2.00 bits per heavy atom. The highest BCUT2D eigenvalue weighted by atomic mass is 32.1. The summed E-state index contributed by atoms with van der Waals surface area (Å²) in [5, 5.41) is 6.18. The van der Waals surface area contributed by atoms with E-state index >= 15 is 0 Å². The molecule has 0 radical (unpaired) electrons. The van der Waals surface area contributed by atoms with E-state index in [4.69, 9.17) is 5.73 Å². The van der Waals surface area contributed by atoms with Crippen LogP contribution in [0.15, 0.2) is 48.1 Å². The fourth-order valence-corrected chi connectivity index (χ4v) is 2.88. The van der Waals surface area contributed by atoms with Crippen molar-refractivity contribution in [2.24, 2.45) is 5.73 Å². The molecule has 3 aromatic rings. The normalized spacial score (nSPS) is 10.4. The number of benzene rings is 1. The second kappa shape index (κ2) is 6.97. The molecule has 6 nitrogen and oxygen atoms in total. The Morgan fingerprint density at radius 1 is 1.17 bits per heavy atom. The molecule has 1 amide bonds. The van der Waals surface area contributed by atoms with Gasteiger partial charge in [-0.05, 0) is 0 Å². The largest absolute Gasteiger partial charge is 0.368 e. The molecule has 0 spiro atoms. The third-order valence-electron chi connectivity index (χ3n) is 3.15. The first-order valence-electron chi connectivity index (χ1n) is 7.08. The fraction of sp³-hybridized carbons (Fsp3) is 0.125. The molecule has 3 rings (SSSR count). The molecule has 0 aliphatic rings. The molecule has 3 N–H and O–H groups in total. The molecule has 0 fully saturated rings. The van der Waals surface area contributed by atoms with E-state index in [1.807, 2.05) is 30.3 Å². The fourth-order valence-electron chi connectivity index (χ4n) is 2.02. The number of carbonyl (C=O) groups excluding carboxylic acids is 1. The number of anilines is 1. The number of nitrogens with two attached hydrogens (primary N) is 1. The van der Waals surface area contributed by atoms with Crippen LogP contribution >= 0.6 is 11.3 Å². The van der Waals surface area contributed by atoms with Crippen molar-refractivity contribution in [3.63, 3.8) is 0 Å². The Kier molecular flexibility index (Phi) is 4.58. The Balaban J connectivity index is 1.58. The van der Waals surface area contributed by atoms with E-state index in [2.05, 4.69) is 25.6 Å². The van der Waals surface area contributed by atoms with E-state index in [1.54, 1.807) is 17.5 Å². The van der Waals surface area contributed by atoms with Crippen LogP contribution in [0.25, 0.3) is 10.6 Å². The number of nitrogens with one attached hydrogen (secondary N) is 1. The summed E-state index contributed by atoms with van der Waals surface area (Å²) in [6.07, 6.45) is 3.66. The van der Waals surface area contributed by atoms with E-state index in [0.29, 0.717) is 12.4 Å². The van der Waals surface area contributed by atoms with Gasteiger partial charge in [-0.1, -0.05) is 30.3 Å². The maximum atomic E-state index is 11.1. The van der Waals surface area contributed by atoms with Gasteiger partial charge in [-0.25, -0.2) is 9.97 Å². The standard InChI is InChI=1S/C16H15N5OS/c17-15(22)13-8-18-9-14(21-13)19-7-6-12-10-23-16(20-12)11-4-2-1-3-5-11/h1-5,8-10H,6-7H2,(H2,17,22)(H,19,21). The summed E-state index contributed by atoms with van der Waals surface area (Å²) in [5.41, 5.74) is 7.47. The summed E-state index contributed by atoms with van der Waals surface area (Å²) in [4.78, 5) is 23.7. The van der Waals surface area contributed by atoms with Crippen molar-refractivity contribution in [2.45, 2.75) is 6.42 Å². The minimum absolute atomic E-state index is 0.148. The molecule has 23 heavy (non-hydrogen) atoms. The quantitative estimate of drug-likeness (QED) is 0.725. The Morgan fingerprint density at radius 3 is 2.78 bits per heavy atom. The number of thiazole rings is 1. The Labute approximate surface area is 137 Å². The Hall–Kier alpha value is -2.80. The van der Waals surface area contributed by atoms with Crippen LogP contribution in [0, 0.1) is 0 Å². The van der Waals surface area contributed by atoms with Crippen molar-refractivity contribution < 1.29 is 4.79 Å². The maximum Gasteiger partial charge on any atom is 0.268 e. The van der Waals surface area contributed by atoms with Crippen molar-refractivity contribution in [1.29, 1.82) is 0 Å². The summed E-state index contributed by atoms with van der Waals surface area (Å²) in [7, 11) is 0. The summed E-state index contributed by atoms with van der Waals surface area (Å²) in [6, 6.07) is 10.1. The molecule has 0 saturated carbocycles. The predicted octanol–water partition coefficient (Wildman–Crippen LogP) is 2.35. The lowest BCUT2D eigenvalue weighted by Crippen LogP contribution is -2.15. The number of rotatable bonds is 6. The monoisotopic (exact) mass is 325 g/mol. The van der Waals surface area contributed by atoms with Gasteiger partial charge in [0.05, 0.1) is 18.1 Å². The van der Waals surface area contributed by atoms with E-state index in [9.17, 15) is 4.79 Å². The van der Waals surface area contributed by atoms with Crippen LogP contribution in [-0.4, -0.2) is 27.4 Å². The van der Waals surface area contributed by atoms with Crippen LogP contribution in [0.5, 0.6) is 0 Å². The third kappa shape index (κ3) is 3.89. The van der Waals surface area contributed by atoms with Gasteiger partial charge in [0, 0.05) is 23.9 Å². The SMILES string of the molecule is NC(=O)c1cncc(NCCc2csc(-c3ccccc3)n2)n1. The molecular weight excluding hydrogens is 310 g/mol. The van der Waals surface area contributed by atoms with Crippen LogP contribution in [0.4, 0.5) is 5.82 Å². The van der Waals surface area contributed by atoms with Crippen LogP contribution < -0.4 is 11.1 Å². The second-order valence-corrected chi connectivity index (χ2v) is 5.70. The minimum atomic E-state index is -0.590. The lowest BCUT2D eigenvalue weighted by atomic mass is 10.2. The molecule has 2 heterocycles. The first kappa shape index (κ1) is 15.1. The number of amides is 1. The molecular formula is C16H15N5OS. The predicted molar refractivity (Wildman–Crippen MR) is 90.3 cm³/mol. The van der Waals surface area contributed by atoms with Gasteiger partial charge >= 0.3 is 0 Å². The molecule has 0 unspecified atom stereocenters. The summed E-state index contributed by atoms with van der Waals surface area (Å²) in [5.74, 6) is -0.0621. The van der Waals surface area contributed by atoms with Gasteiger partial charge < -0.3 is 11.1 Å². The molecule has 116 valence electrons. The highest BCUT2D eigenvalue weighted by molar-refractivity contribution is 7.13. The lowest BCUT2D eigenvalue weighted by Gasteiger charge is -2.04. The first-order valence-corrected chi connectivity index (χ1v) is 7.96. The molecule has 0 aliphatic carbocycles. The topological polar surface area (TPSA) is 93.8 Å². The minimum Gasteiger partial charge on any atom is -0.368 e. The average molecular weight is 325 g/mol. The van der Waals surface area contributed by atoms with Crippen molar-refractivity contribution in [3.05, 3.63) is 59.5 Å². The van der Waals surface area contributed by atoms with E-state index in [1.165, 1.54) is 6.20 Å². The average Bonchev–Trinajstić information content (AvgIpc) is 3.05. The van der Waals surface area contributed by atoms with Crippen LogP contribution in [0.2, 0.25) is 0 Å².